The zero-order chi connectivity index (χ0) is 22.7. The van der Waals surface area contributed by atoms with Crippen LogP contribution in [0.1, 0.15) is 75.1 Å². The summed E-state index contributed by atoms with van der Waals surface area (Å²) >= 11 is 3.72. The van der Waals surface area contributed by atoms with Gasteiger partial charge in [-0.2, -0.15) is 0 Å². The summed E-state index contributed by atoms with van der Waals surface area (Å²) in [6.45, 7) is 6.45. The number of aliphatic hydroxyl groups is 1. The summed E-state index contributed by atoms with van der Waals surface area (Å²) < 4.78 is 0.880. The number of aromatic nitrogens is 1. The lowest BCUT2D eigenvalue weighted by atomic mass is 9.72. The van der Waals surface area contributed by atoms with E-state index in [2.05, 4.69) is 57.1 Å². The third kappa shape index (κ3) is 4.37. The molecule has 1 aromatic heterocycles. The second-order valence-corrected chi connectivity index (χ2v) is 10.1. The largest absolute Gasteiger partial charge is 0.390 e. The van der Waals surface area contributed by atoms with Gasteiger partial charge < -0.3 is 10.4 Å². The first-order valence-electron chi connectivity index (χ1n) is 11.9. The first kappa shape index (κ1) is 23.4. The number of carbonyl (C=O) groups excluding carboxylic acids is 1. The maximum absolute atomic E-state index is 12.8. The molecule has 1 aliphatic heterocycles. The van der Waals surface area contributed by atoms with Crippen molar-refractivity contribution >= 4 is 27.5 Å². The number of hydrogen-bond donors (Lipinski definition) is 2. The van der Waals surface area contributed by atoms with Gasteiger partial charge in [0, 0.05) is 22.3 Å². The molecule has 32 heavy (non-hydrogen) atoms. The number of halogens is 1. The number of anilines is 1. The summed E-state index contributed by atoms with van der Waals surface area (Å²) in [5.74, 6) is -0.0542. The van der Waals surface area contributed by atoms with Crippen molar-refractivity contribution < 1.29 is 9.90 Å². The summed E-state index contributed by atoms with van der Waals surface area (Å²) in [5.41, 5.74) is 3.93. The molecule has 2 heterocycles. The Kier molecular flexibility index (Phi) is 7.33. The van der Waals surface area contributed by atoms with Gasteiger partial charge in [0.2, 0.25) is 5.91 Å². The van der Waals surface area contributed by atoms with E-state index >= 15 is 0 Å². The molecule has 1 aromatic carbocycles. The lowest BCUT2D eigenvalue weighted by Crippen LogP contribution is -2.42. The lowest BCUT2D eigenvalue weighted by Gasteiger charge is -2.37. The van der Waals surface area contributed by atoms with Crippen molar-refractivity contribution in [2.75, 3.05) is 18.4 Å². The molecule has 0 saturated carbocycles. The Balaban J connectivity index is 1.70. The molecule has 1 saturated heterocycles. The molecule has 2 unspecified atom stereocenters. The quantitative estimate of drug-likeness (QED) is 0.511. The van der Waals surface area contributed by atoms with Crippen LogP contribution in [-0.4, -0.2) is 40.1 Å². The Morgan fingerprint density at radius 2 is 1.84 bits per heavy atom. The highest BCUT2D eigenvalue weighted by molar-refractivity contribution is 9.10. The minimum Gasteiger partial charge on any atom is -0.390 e. The summed E-state index contributed by atoms with van der Waals surface area (Å²) in [4.78, 5) is 19.2. The number of nitrogens with one attached hydrogen (secondary N) is 1. The van der Waals surface area contributed by atoms with Crippen molar-refractivity contribution in [1.29, 1.82) is 0 Å². The van der Waals surface area contributed by atoms with Crippen LogP contribution < -0.4 is 5.32 Å². The molecule has 0 spiro atoms. The van der Waals surface area contributed by atoms with Crippen molar-refractivity contribution in [1.82, 2.24) is 9.88 Å². The third-order valence-electron chi connectivity index (χ3n) is 7.17. The number of carbonyl (C=O) groups is 1. The van der Waals surface area contributed by atoms with Gasteiger partial charge in [0.05, 0.1) is 24.3 Å². The normalized spacial score (nSPS) is 22.1. The SMILES string of the molecule is CCCC1(CCC)c2cc(Br)c(NC(=O)Cc3ccncc3)cc2C(N2CCCC2)C1O. The Morgan fingerprint density at radius 1 is 1.19 bits per heavy atom. The van der Waals surface area contributed by atoms with E-state index in [1.54, 1.807) is 12.4 Å². The van der Waals surface area contributed by atoms with Crippen LogP contribution in [0.4, 0.5) is 5.69 Å². The van der Waals surface area contributed by atoms with Crippen molar-refractivity contribution in [3.05, 3.63) is 57.8 Å². The highest BCUT2D eigenvalue weighted by Gasteiger charge is 2.52. The summed E-state index contributed by atoms with van der Waals surface area (Å²) in [7, 11) is 0. The monoisotopic (exact) mass is 499 g/mol. The second-order valence-electron chi connectivity index (χ2n) is 9.29. The summed E-state index contributed by atoms with van der Waals surface area (Å²) in [6, 6.07) is 8.00. The number of nitrogens with zero attached hydrogens (tertiary/aromatic N) is 2. The number of rotatable bonds is 8. The molecule has 2 aromatic rings. The number of pyridine rings is 1. The number of amides is 1. The van der Waals surface area contributed by atoms with Gasteiger partial charge in [0.25, 0.3) is 0 Å². The van der Waals surface area contributed by atoms with Crippen LogP contribution in [0, 0.1) is 0 Å². The molecule has 5 nitrogen and oxygen atoms in total. The van der Waals surface area contributed by atoms with Crippen LogP contribution in [0.2, 0.25) is 0 Å². The standard InChI is InChI=1S/C26H34BrN3O2/c1-3-9-26(10-4-2)20-17-21(27)22(29-23(31)15-18-7-11-28-12-8-18)16-19(20)24(25(26)32)30-13-5-6-14-30/h7-8,11-12,16-17,24-25,32H,3-6,9-10,13-15H2,1-2H3,(H,29,31). The molecule has 0 bridgehead atoms. The fourth-order valence-corrected chi connectivity index (χ4v) is 6.31. The van der Waals surface area contributed by atoms with Gasteiger partial charge in [-0.1, -0.05) is 26.7 Å². The van der Waals surface area contributed by atoms with Gasteiger partial charge in [0.15, 0.2) is 0 Å². The Hall–Kier alpha value is -1.76. The van der Waals surface area contributed by atoms with Crippen molar-refractivity contribution in [2.24, 2.45) is 0 Å². The van der Waals surface area contributed by atoms with E-state index in [1.807, 2.05) is 12.1 Å². The number of likely N-dealkylation sites (tertiary alicyclic amines) is 1. The molecule has 172 valence electrons. The molecule has 0 radical (unpaired) electrons. The first-order chi connectivity index (χ1) is 15.5. The topological polar surface area (TPSA) is 65.5 Å². The molecule has 2 atom stereocenters. The number of hydrogen-bond acceptors (Lipinski definition) is 4. The van der Waals surface area contributed by atoms with E-state index in [0.29, 0.717) is 6.42 Å². The molecule has 2 N–H and O–H groups in total. The Bertz CT molecular complexity index is 938. The van der Waals surface area contributed by atoms with E-state index in [-0.39, 0.29) is 17.4 Å². The summed E-state index contributed by atoms with van der Waals surface area (Å²) in [5, 5.41) is 14.9. The molecule has 6 heteroatoms. The second kappa shape index (κ2) is 10.0. The van der Waals surface area contributed by atoms with E-state index < -0.39 is 6.10 Å². The maximum Gasteiger partial charge on any atom is 0.228 e. The van der Waals surface area contributed by atoms with E-state index in [4.69, 9.17) is 0 Å². The van der Waals surface area contributed by atoms with Gasteiger partial charge in [-0.05, 0) is 95.7 Å². The number of fused-ring (bicyclic) bond motifs is 1. The number of aliphatic hydroxyl groups excluding tert-OH is 1. The molecular weight excluding hydrogens is 466 g/mol. The molecule has 1 amide bonds. The van der Waals surface area contributed by atoms with Crippen molar-refractivity contribution in [3.63, 3.8) is 0 Å². The predicted octanol–water partition coefficient (Wildman–Crippen LogP) is 5.37. The van der Waals surface area contributed by atoms with Gasteiger partial charge in [0.1, 0.15) is 0 Å². The zero-order valence-electron chi connectivity index (χ0n) is 19.1. The highest BCUT2D eigenvalue weighted by atomic mass is 79.9. The van der Waals surface area contributed by atoms with Crippen molar-refractivity contribution in [2.45, 2.75) is 76.4 Å². The van der Waals surface area contributed by atoms with Crippen LogP contribution >= 0.6 is 15.9 Å². The maximum atomic E-state index is 12.8. The fourth-order valence-electron chi connectivity index (χ4n) is 5.87. The predicted molar refractivity (Wildman–Crippen MR) is 132 cm³/mol. The molecule has 1 aliphatic carbocycles. The minimum atomic E-state index is -0.426. The van der Waals surface area contributed by atoms with Gasteiger partial charge >= 0.3 is 0 Å². The van der Waals surface area contributed by atoms with E-state index in [9.17, 15) is 9.90 Å². The molecule has 4 rings (SSSR count). The Labute approximate surface area is 199 Å². The molecule has 2 aliphatic rings. The fraction of sp³-hybridized carbons (Fsp3) is 0.538. The Morgan fingerprint density at radius 3 is 2.47 bits per heavy atom. The summed E-state index contributed by atoms with van der Waals surface area (Å²) in [6.07, 6.45) is 9.66. The smallest absolute Gasteiger partial charge is 0.228 e. The first-order valence-corrected chi connectivity index (χ1v) is 12.7. The third-order valence-corrected chi connectivity index (χ3v) is 7.83. The minimum absolute atomic E-state index is 0.00505. The number of benzene rings is 1. The van der Waals surface area contributed by atoms with Crippen molar-refractivity contribution in [3.8, 4) is 0 Å². The van der Waals surface area contributed by atoms with Crippen LogP contribution in [0.5, 0.6) is 0 Å². The van der Waals surface area contributed by atoms with E-state index in [1.165, 1.54) is 24.0 Å². The lowest BCUT2D eigenvalue weighted by molar-refractivity contribution is -0.115. The van der Waals surface area contributed by atoms with Gasteiger partial charge in [-0.3, -0.25) is 14.7 Å². The van der Waals surface area contributed by atoms with Crippen LogP contribution in [-0.2, 0) is 16.6 Å². The average Bonchev–Trinajstić information content (AvgIpc) is 3.36. The average molecular weight is 500 g/mol. The van der Waals surface area contributed by atoms with Gasteiger partial charge in [-0.15, -0.1) is 0 Å². The van der Waals surface area contributed by atoms with Crippen LogP contribution in [0.15, 0.2) is 41.1 Å². The highest BCUT2D eigenvalue weighted by Crippen LogP contribution is 2.54. The molecular formula is C26H34BrN3O2. The van der Waals surface area contributed by atoms with Crippen LogP contribution in [0.3, 0.4) is 0 Å². The zero-order valence-corrected chi connectivity index (χ0v) is 20.7. The van der Waals surface area contributed by atoms with Crippen LogP contribution in [0.25, 0.3) is 0 Å². The van der Waals surface area contributed by atoms with Gasteiger partial charge in [-0.25, -0.2) is 0 Å². The van der Waals surface area contributed by atoms with E-state index in [0.717, 1.165) is 54.5 Å². The molecule has 1 fully saturated rings.